The SMILES string of the molecule is CO[P@]1(=O)OC[C@H]2O[C@@H](n3cnc4c(C)nc(N)nc43)[C@](C)(F)[C@@H]2O1. The molecule has 0 bridgehead atoms. The van der Waals surface area contributed by atoms with E-state index in [1.807, 2.05) is 0 Å². The number of anilines is 1. The van der Waals surface area contributed by atoms with Crippen molar-refractivity contribution < 1.29 is 27.3 Å². The van der Waals surface area contributed by atoms with Crippen molar-refractivity contribution in [3.05, 3.63) is 12.0 Å². The molecule has 2 aromatic rings. The first kappa shape index (κ1) is 16.8. The molecule has 25 heavy (non-hydrogen) atoms. The monoisotopic (exact) mass is 373 g/mol. The maximum Gasteiger partial charge on any atom is 0.475 e. The van der Waals surface area contributed by atoms with E-state index in [4.69, 9.17) is 24.0 Å². The third-order valence-corrected chi connectivity index (χ3v) is 5.81. The lowest BCUT2D eigenvalue weighted by Gasteiger charge is -2.33. The number of ether oxygens (including phenoxy) is 1. The summed E-state index contributed by atoms with van der Waals surface area (Å²) in [7, 11) is -2.63. The molecule has 5 atom stereocenters. The third-order valence-electron chi connectivity index (χ3n) is 4.41. The van der Waals surface area contributed by atoms with Crippen LogP contribution in [0.2, 0.25) is 0 Å². The Kier molecular flexibility index (Phi) is 3.64. The number of aromatic nitrogens is 4. The van der Waals surface area contributed by atoms with E-state index in [-0.39, 0.29) is 12.6 Å². The van der Waals surface area contributed by atoms with Crippen molar-refractivity contribution in [1.82, 2.24) is 19.5 Å². The van der Waals surface area contributed by atoms with E-state index in [2.05, 4.69) is 15.0 Å². The van der Waals surface area contributed by atoms with Gasteiger partial charge in [0, 0.05) is 7.11 Å². The first-order chi connectivity index (χ1) is 11.7. The Hall–Kier alpha value is -1.65. The van der Waals surface area contributed by atoms with E-state index < -0.39 is 31.9 Å². The highest BCUT2D eigenvalue weighted by atomic mass is 31.2. The smallest absolute Gasteiger partial charge is 0.368 e. The summed E-state index contributed by atoms with van der Waals surface area (Å²) in [5, 5.41) is 0. The molecule has 4 rings (SSSR count). The number of halogens is 1. The average Bonchev–Trinajstić information content (AvgIpc) is 3.07. The summed E-state index contributed by atoms with van der Waals surface area (Å²) < 4.78 is 50.0. The van der Waals surface area contributed by atoms with E-state index in [0.29, 0.717) is 16.9 Å². The van der Waals surface area contributed by atoms with Gasteiger partial charge in [0.15, 0.2) is 17.5 Å². The van der Waals surface area contributed by atoms with Crippen LogP contribution in [0.5, 0.6) is 0 Å². The fourth-order valence-electron chi connectivity index (χ4n) is 3.19. The Morgan fingerprint density at radius 3 is 3.00 bits per heavy atom. The molecule has 0 amide bonds. The molecule has 0 saturated carbocycles. The fraction of sp³-hybridized carbons (Fsp3) is 0.615. The van der Waals surface area contributed by atoms with Gasteiger partial charge in [-0.25, -0.2) is 18.9 Å². The van der Waals surface area contributed by atoms with Gasteiger partial charge in [-0.05, 0) is 13.8 Å². The first-order valence-corrected chi connectivity index (χ1v) is 9.01. The molecule has 2 saturated heterocycles. The van der Waals surface area contributed by atoms with Crippen LogP contribution in [0.1, 0.15) is 18.8 Å². The summed E-state index contributed by atoms with van der Waals surface area (Å²) in [5.41, 5.74) is 5.06. The van der Waals surface area contributed by atoms with Gasteiger partial charge in [-0.2, -0.15) is 4.98 Å². The molecule has 2 aromatic heterocycles. The van der Waals surface area contributed by atoms with Gasteiger partial charge in [0.1, 0.15) is 17.7 Å². The molecule has 10 nitrogen and oxygen atoms in total. The number of hydrogen-bond donors (Lipinski definition) is 1. The molecule has 0 radical (unpaired) electrons. The second kappa shape index (κ2) is 5.42. The van der Waals surface area contributed by atoms with Crippen molar-refractivity contribution in [3.63, 3.8) is 0 Å². The second-order valence-corrected chi connectivity index (χ2v) is 7.85. The highest BCUT2D eigenvalue weighted by Gasteiger charge is 2.61. The molecule has 12 heteroatoms. The number of nitrogens with two attached hydrogens (primary N) is 1. The number of rotatable bonds is 2. The number of aryl methyl sites for hydroxylation is 1. The molecule has 0 aromatic carbocycles. The summed E-state index contributed by atoms with van der Waals surface area (Å²) in [6.07, 6.45) is -1.60. The number of alkyl halides is 1. The van der Waals surface area contributed by atoms with Crippen molar-refractivity contribution in [2.75, 3.05) is 19.5 Å². The molecule has 0 aliphatic carbocycles. The van der Waals surface area contributed by atoms with Crippen molar-refractivity contribution in [1.29, 1.82) is 0 Å². The number of imidazole rings is 1. The normalized spacial score (nSPS) is 38.2. The summed E-state index contributed by atoms with van der Waals surface area (Å²) in [4.78, 5) is 12.4. The summed E-state index contributed by atoms with van der Waals surface area (Å²) in [5.74, 6) is 0.0474. The van der Waals surface area contributed by atoms with Gasteiger partial charge >= 0.3 is 7.82 Å². The zero-order valence-corrected chi connectivity index (χ0v) is 14.6. The Morgan fingerprint density at radius 2 is 2.28 bits per heavy atom. The minimum Gasteiger partial charge on any atom is -0.368 e. The largest absolute Gasteiger partial charge is 0.475 e. The second-order valence-electron chi connectivity index (χ2n) is 6.12. The highest BCUT2D eigenvalue weighted by molar-refractivity contribution is 7.48. The van der Waals surface area contributed by atoms with E-state index >= 15 is 4.39 Å². The third kappa shape index (κ3) is 2.46. The molecule has 2 fully saturated rings. The molecule has 2 aliphatic heterocycles. The van der Waals surface area contributed by atoms with E-state index in [1.54, 1.807) is 6.92 Å². The van der Waals surface area contributed by atoms with Crippen molar-refractivity contribution >= 4 is 24.9 Å². The standard InChI is InChI=1S/C13H17FN5O5P/c1-6-8-10(18-12(15)17-6)19(5-16-8)11-13(2,14)9-7(23-11)4-22-25(20,21-3)24-9/h5,7,9,11H,4H2,1-3H3,(H2,15,17,18)/t7-,9-,11-,13-,25-/m1/s1. The topological polar surface area (TPSA) is 124 Å². The predicted molar refractivity (Wildman–Crippen MR) is 83.3 cm³/mol. The quantitative estimate of drug-likeness (QED) is 0.780. The molecule has 0 spiro atoms. The maximum atomic E-state index is 15.6. The van der Waals surface area contributed by atoms with Gasteiger partial charge in [-0.3, -0.25) is 18.1 Å². The summed E-state index contributed by atoms with van der Waals surface area (Å²) in [6.45, 7) is 2.92. The Balaban J connectivity index is 1.76. The van der Waals surface area contributed by atoms with Gasteiger partial charge in [-0.1, -0.05) is 0 Å². The van der Waals surface area contributed by atoms with Crippen LogP contribution >= 0.6 is 7.82 Å². The first-order valence-electron chi connectivity index (χ1n) is 7.55. The Morgan fingerprint density at radius 1 is 1.52 bits per heavy atom. The van der Waals surface area contributed by atoms with Gasteiger partial charge in [0.25, 0.3) is 0 Å². The van der Waals surface area contributed by atoms with Crippen LogP contribution in [0.25, 0.3) is 11.2 Å². The zero-order valence-electron chi connectivity index (χ0n) is 13.7. The lowest BCUT2D eigenvalue weighted by molar-refractivity contribution is -0.0686. The molecule has 4 heterocycles. The van der Waals surface area contributed by atoms with E-state index in [1.165, 1.54) is 24.9 Å². The number of phosphoric acid groups is 1. The number of nitrogens with zero attached hydrogens (tertiary/aromatic N) is 4. The Labute approximate surface area is 142 Å². The highest BCUT2D eigenvalue weighted by Crippen LogP contribution is 2.59. The molecule has 2 aliphatic rings. The molecule has 136 valence electrons. The van der Waals surface area contributed by atoms with Crippen molar-refractivity contribution in [2.24, 2.45) is 0 Å². The predicted octanol–water partition coefficient (Wildman–Crippen LogP) is 1.51. The van der Waals surface area contributed by atoms with Crippen molar-refractivity contribution in [2.45, 2.75) is 38.0 Å². The zero-order chi connectivity index (χ0) is 18.0. The summed E-state index contributed by atoms with van der Waals surface area (Å²) >= 11 is 0. The molecule has 0 unspecified atom stereocenters. The molecule has 2 N–H and O–H groups in total. The number of phosphoric ester groups is 1. The van der Waals surface area contributed by atoms with Crippen LogP contribution in [0, 0.1) is 6.92 Å². The van der Waals surface area contributed by atoms with Gasteiger partial charge in [0.2, 0.25) is 5.95 Å². The van der Waals surface area contributed by atoms with Gasteiger partial charge in [-0.15, -0.1) is 0 Å². The van der Waals surface area contributed by atoms with Crippen molar-refractivity contribution in [3.8, 4) is 0 Å². The number of fused-ring (bicyclic) bond motifs is 2. The van der Waals surface area contributed by atoms with Gasteiger partial charge < -0.3 is 10.5 Å². The fourth-order valence-corrected chi connectivity index (χ4v) is 4.39. The Bertz CT molecular complexity index is 889. The average molecular weight is 373 g/mol. The van der Waals surface area contributed by atoms with Crippen LogP contribution in [0.15, 0.2) is 6.33 Å². The van der Waals surface area contributed by atoms with Gasteiger partial charge in [0.05, 0.1) is 18.6 Å². The van der Waals surface area contributed by atoms with Crippen LogP contribution < -0.4 is 5.73 Å². The minimum absolute atomic E-state index is 0.0474. The van der Waals surface area contributed by atoms with E-state index in [0.717, 1.165) is 0 Å². The lowest BCUT2D eigenvalue weighted by Crippen LogP contribution is -2.44. The number of nitrogen functional groups attached to an aromatic ring is 1. The maximum absolute atomic E-state index is 15.6. The molecular formula is C13H17FN5O5P. The number of hydrogen-bond acceptors (Lipinski definition) is 9. The summed E-state index contributed by atoms with van der Waals surface area (Å²) in [6, 6.07) is 0. The van der Waals surface area contributed by atoms with E-state index in [9.17, 15) is 4.57 Å². The van der Waals surface area contributed by atoms with Crippen LogP contribution in [0.4, 0.5) is 10.3 Å². The molecular weight excluding hydrogens is 356 g/mol. The van der Waals surface area contributed by atoms with Crippen LogP contribution in [0.3, 0.4) is 0 Å². The minimum atomic E-state index is -3.80. The lowest BCUT2D eigenvalue weighted by atomic mass is 9.98. The van der Waals surface area contributed by atoms with Crippen LogP contribution in [-0.4, -0.2) is 51.1 Å². The van der Waals surface area contributed by atoms with Crippen LogP contribution in [-0.2, 0) is 22.9 Å².